The molecule has 0 bridgehead atoms. The van der Waals surface area contributed by atoms with Gasteiger partial charge in [0.1, 0.15) is 24.1 Å². The van der Waals surface area contributed by atoms with Crippen molar-refractivity contribution in [2.45, 2.75) is 44.4 Å². The molecule has 11 heteroatoms. The van der Waals surface area contributed by atoms with Crippen LogP contribution in [0.4, 0.5) is 23.4 Å². The van der Waals surface area contributed by atoms with E-state index in [2.05, 4.69) is 20.2 Å². The first-order chi connectivity index (χ1) is 18.0. The van der Waals surface area contributed by atoms with Crippen molar-refractivity contribution in [3.63, 3.8) is 0 Å². The lowest BCUT2D eigenvalue weighted by atomic mass is 9.99. The van der Waals surface area contributed by atoms with Crippen LogP contribution in [-0.2, 0) is 10.9 Å². The molecule has 0 aliphatic carbocycles. The Balaban J connectivity index is 1.69. The quantitative estimate of drug-likeness (QED) is 0.349. The highest BCUT2D eigenvalue weighted by Gasteiger charge is 2.40. The Kier molecular flexibility index (Phi) is 7.98. The first kappa shape index (κ1) is 27.8. The summed E-state index contributed by atoms with van der Waals surface area (Å²) in [6.45, 7) is 5.08. The van der Waals surface area contributed by atoms with Gasteiger partial charge in [-0.2, -0.15) is 13.2 Å². The lowest BCUT2D eigenvalue weighted by Gasteiger charge is -2.35. The molecule has 2 atom stereocenters. The van der Waals surface area contributed by atoms with Crippen LogP contribution < -0.4 is 14.8 Å². The van der Waals surface area contributed by atoms with Gasteiger partial charge in [0.2, 0.25) is 0 Å². The van der Waals surface area contributed by atoms with Crippen molar-refractivity contribution in [2.75, 3.05) is 46.3 Å². The second-order valence-corrected chi connectivity index (χ2v) is 9.68. The van der Waals surface area contributed by atoms with E-state index in [4.69, 9.17) is 14.2 Å². The summed E-state index contributed by atoms with van der Waals surface area (Å²) in [6.07, 6.45) is -2.85. The number of fused-ring (bicyclic) bond motifs is 1. The third-order valence-electron chi connectivity index (χ3n) is 7.10. The number of nitrogens with zero attached hydrogens (tertiary/aromatic N) is 3. The average Bonchev–Trinajstić information content (AvgIpc) is 3.21. The normalized spacial score (nSPS) is 19.1. The molecule has 1 fully saturated rings. The monoisotopic (exact) mass is 536 g/mol. The number of aryl methyl sites for hydroxylation is 1. The number of hydrogen-bond donors (Lipinski definition) is 1. The fraction of sp³-hybridized carbons (Fsp3) is 0.481. The van der Waals surface area contributed by atoms with Crippen LogP contribution in [0, 0.1) is 12.7 Å². The summed E-state index contributed by atoms with van der Waals surface area (Å²) < 4.78 is 71.9. The van der Waals surface area contributed by atoms with Crippen molar-refractivity contribution in [3.8, 4) is 11.5 Å². The number of likely N-dealkylation sites (N-methyl/N-ethyl adjacent to an activating group) is 1. The van der Waals surface area contributed by atoms with E-state index in [1.165, 1.54) is 19.2 Å². The molecule has 0 spiro atoms. The largest absolute Gasteiger partial charge is 0.493 e. The van der Waals surface area contributed by atoms with Crippen LogP contribution in [0.5, 0.6) is 11.5 Å². The van der Waals surface area contributed by atoms with E-state index in [0.29, 0.717) is 47.3 Å². The molecule has 3 aromatic rings. The van der Waals surface area contributed by atoms with Crippen molar-refractivity contribution >= 4 is 16.7 Å². The number of hydrogen-bond acceptors (Lipinski definition) is 7. The van der Waals surface area contributed by atoms with Gasteiger partial charge in [0.15, 0.2) is 11.5 Å². The lowest BCUT2D eigenvalue weighted by Crippen LogP contribution is -2.50. The highest BCUT2D eigenvalue weighted by atomic mass is 19.4. The first-order valence-electron chi connectivity index (χ1n) is 12.3. The van der Waals surface area contributed by atoms with Crippen LogP contribution in [0.1, 0.15) is 42.8 Å². The molecule has 0 amide bonds. The number of rotatable bonds is 9. The second-order valence-electron chi connectivity index (χ2n) is 9.68. The number of halogens is 4. The number of anilines is 1. The van der Waals surface area contributed by atoms with E-state index >= 15 is 0 Å². The van der Waals surface area contributed by atoms with Gasteiger partial charge in [0.25, 0.3) is 0 Å². The Bertz CT molecular complexity index is 1300. The van der Waals surface area contributed by atoms with Crippen molar-refractivity contribution in [1.29, 1.82) is 0 Å². The van der Waals surface area contributed by atoms with Gasteiger partial charge in [-0.05, 0) is 52.4 Å². The third kappa shape index (κ3) is 5.49. The molecule has 0 radical (unpaired) electrons. The van der Waals surface area contributed by atoms with Gasteiger partial charge >= 0.3 is 6.18 Å². The molecule has 1 aromatic heterocycles. The Morgan fingerprint density at radius 1 is 1.13 bits per heavy atom. The summed E-state index contributed by atoms with van der Waals surface area (Å²) in [5.74, 6) is 0.397. The molecule has 4 rings (SSSR count). The standard InChI is InChI=1S/C27H32F4N4O3/c1-16(18-8-6-9-20(24(18)28)27(29,30)31)32-25-19-12-23(22(37-5)13-21(19)33-17(2)34-25)38-15-26(14-36-4)10-7-11-35(26)3/h6,8-9,12-13,16H,7,10-11,14-15H2,1-5H3,(H,32,33,34)/t16-,26-/m1/s1. The summed E-state index contributed by atoms with van der Waals surface area (Å²) in [7, 11) is 5.24. The second kappa shape index (κ2) is 10.9. The highest BCUT2D eigenvalue weighted by Crippen LogP contribution is 2.38. The molecule has 38 heavy (non-hydrogen) atoms. The Morgan fingerprint density at radius 3 is 2.53 bits per heavy atom. The highest BCUT2D eigenvalue weighted by molar-refractivity contribution is 5.92. The van der Waals surface area contributed by atoms with Crippen molar-refractivity contribution in [3.05, 3.63) is 53.1 Å². The molecule has 1 aliphatic rings. The molecule has 206 valence electrons. The van der Waals surface area contributed by atoms with E-state index in [9.17, 15) is 17.6 Å². The maximum atomic E-state index is 14.8. The maximum Gasteiger partial charge on any atom is 0.419 e. The number of ether oxygens (including phenoxy) is 3. The van der Waals surface area contributed by atoms with Crippen LogP contribution in [0.3, 0.4) is 0 Å². The number of alkyl halides is 3. The van der Waals surface area contributed by atoms with Gasteiger partial charge < -0.3 is 19.5 Å². The van der Waals surface area contributed by atoms with E-state index in [-0.39, 0.29) is 11.1 Å². The average molecular weight is 537 g/mol. The van der Waals surface area contributed by atoms with Gasteiger partial charge in [-0.25, -0.2) is 14.4 Å². The predicted octanol–water partition coefficient (Wildman–Crippen LogP) is 5.77. The zero-order chi connectivity index (χ0) is 27.7. The first-order valence-corrected chi connectivity index (χ1v) is 12.3. The summed E-state index contributed by atoms with van der Waals surface area (Å²) >= 11 is 0. The zero-order valence-electron chi connectivity index (χ0n) is 22.1. The Labute approximate surface area is 219 Å². The molecular formula is C27H32F4N4O3. The fourth-order valence-electron chi connectivity index (χ4n) is 4.98. The Morgan fingerprint density at radius 2 is 1.89 bits per heavy atom. The maximum absolute atomic E-state index is 14.8. The summed E-state index contributed by atoms with van der Waals surface area (Å²) in [4.78, 5) is 11.2. The minimum absolute atomic E-state index is 0.125. The van der Waals surface area contributed by atoms with Crippen LogP contribution in [0.2, 0.25) is 0 Å². The molecule has 1 N–H and O–H groups in total. The third-order valence-corrected chi connectivity index (χ3v) is 7.10. The molecule has 2 heterocycles. The molecule has 1 aliphatic heterocycles. The number of benzene rings is 2. The number of nitrogens with one attached hydrogen (secondary N) is 1. The summed E-state index contributed by atoms with van der Waals surface area (Å²) in [5, 5.41) is 3.64. The topological polar surface area (TPSA) is 68.7 Å². The van der Waals surface area contributed by atoms with Gasteiger partial charge in [-0.15, -0.1) is 0 Å². The molecular weight excluding hydrogens is 504 g/mol. The van der Waals surface area contributed by atoms with Gasteiger partial charge in [0, 0.05) is 24.1 Å². The van der Waals surface area contributed by atoms with Crippen molar-refractivity contribution in [2.24, 2.45) is 0 Å². The number of aromatic nitrogens is 2. The molecule has 0 unspecified atom stereocenters. The Hall–Kier alpha value is -3.18. The minimum atomic E-state index is -4.80. The van der Waals surface area contributed by atoms with Crippen molar-refractivity contribution in [1.82, 2.24) is 14.9 Å². The smallest absolute Gasteiger partial charge is 0.419 e. The lowest BCUT2D eigenvalue weighted by molar-refractivity contribution is -0.140. The molecule has 7 nitrogen and oxygen atoms in total. The zero-order valence-corrected chi connectivity index (χ0v) is 22.1. The summed E-state index contributed by atoms with van der Waals surface area (Å²) in [5.41, 5.74) is -1.17. The van der Waals surface area contributed by atoms with E-state index < -0.39 is 23.6 Å². The van der Waals surface area contributed by atoms with Crippen LogP contribution in [-0.4, -0.2) is 61.4 Å². The SMILES string of the molecule is COC[C@@]1(COc2cc3c(N[C@H](C)c4cccc(C(F)(F)F)c4F)nc(C)nc3cc2OC)CCCN1C. The van der Waals surface area contributed by atoms with E-state index in [0.717, 1.165) is 25.5 Å². The molecule has 1 saturated heterocycles. The van der Waals surface area contributed by atoms with Gasteiger partial charge in [-0.1, -0.05) is 12.1 Å². The van der Waals surface area contributed by atoms with E-state index in [1.807, 2.05) is 7.05 Å². The number of likely N-dealkylation sites (tertiary alicyclic amines) is 1. The van der Waals surface area contributed by atoms with Crippen LogP contribution >= 0.6 is 0 Å². The van der Waals surface area contributed by atoms with E-state index in [1.54, 1.807) is 33.1 Å². The number of methoxy groups -OCH3 is 2. The molecule has 2 aromatic carbocycles. The fourth-order valence-corrected chi connectivity index (χ4v) is 4.98. The van der Waals surface area contributed by atoms with Crippen molar-refractivity contribution < 1.29 is 31.8 Å². The van der Waals surface area contributed by atoms with Gasteiger partial charge in [-0.3, -0.25) is 4.90 Å². The minimum Gasteiger partial charge on any atom is -0.493 e. The molecule has 0 saturated carbocycles. The van der Waals surface area contributed by atoms with Crippen LogP contribution in [0.15, 0.2) is 30.3 Å². The van der Waals surface area contributed by atoms with Gasteiger partial charge in [0.05, 0.1) is 36.4 Å². The summed E-state index contributed by atoms with van der Waals surface area (Å²) in [6, 6.07) is 5.88. The van der Waals surface area contributed by atoms with Crippen LogP contribution in [0.25, 0.3) is 10.9 Å². The predicted molar refractivity (Wildman–Crippen MR) is 136 cm³/mol.